The Balaban J connectivity index is 1.62. The Morgan fingerprint density at radius 3 is 1.45 bits per heavy atom. The molecule has 0 unspecified atom stereocenters. The summed E-state index contributed by atoms with van der Waals surface area (Å²) in [6.45, 7) is 2.24. The number of rotatable bonds is 7. The molecule has 4 rings (SSSR count). The number of nitrogens with zero attached hydrogens (tertiary/aromatic N) is 1. The number of para-hydroxylation sites is 2. The van der Waals surface area contributed by atoms with E-state index in [4.69, 9.17) is 0 Å². The van der Waals surface area contributed by atoms with Gasteiger partial charge >= 0.3 is 0 Å². The van der Waals surface area contributed by atoms with Crippen molar-refractivity contribution in [3.63, 3.8) is 0 Å². The van der Waals surface area contributed by atoms with Crippen LogP contribution in [0.2, 0.25) is 0 Å². The summed E-state index contributed by atoms with van der Waals surface area (Å²) >= 11 is 0. The first-order chi connectivity index (χ1) is 14.3. The molecular weight excluding hydrogens is 350 g/mol. The van der Waals surface area contributed by atoms with E-state index in [-0.39, 0.29) is 0 Å². The molecule has 0 saturated heterocycles. The molecule has 1 heteroatoms. The highest BCUT2D eigenvalue weighted by molar-refractivity contribution is 5.78. The van der Waals surface area contributed by atoms with Crippen LogP contribution in [0.1, 0.15) is 25.3 Å². The Morgan fingerprint density at radius 2 is 0.966 bits per heavy atom. The van der Waals surface area contributed by atoms with Crippen LogP contribution in [0.25, 0.3) is 11.1 Å². The third-order valence-corrected chi connectivity index (χ3v) is 5.26. The molecule has 144 valence electrons. The zero-order valence-corrected chi connectivity index (χ0v) is 17.0. The first kappa shape index (κ1) is 19.0. The van der Waals surface area contributed by atoms with Gasteiger partial charge < -0.3 is 4.90 Å². The second-order valence-electron chi connectivity index (χ2n) is 7.35. The van der Waals surface area contributed by atoms with Gasteiger partial charge in [-0.3, -0.25) is 0 Å². The highest BCUT2D eigenvalue weighted by Gasteiger charge is 2.11. The van der Waals surface area contributed by atoms with Gasteiger partial charge in [0.05, 0.1) is 0 Å². The number of benzene rings is 4. The first-order valence-electron chi connectivity index (χ1n) is 10.4. The molecule has 29 heavy (non-hydrogen) atoms. The van der Waals surface area contributed by atoms with E-state index < -0.39 is 0 Å². The third-order valence-electron chi connectivity index (χ3n) is 5.26. The van der Waals surface area contributed by atoms with Gasteiger partial charge in [-0.1, -0.05) is 86.1 Å². The predicted molar refractivity (Wildman–Crippen MR) is 125 cm³/mol. The summed E-state index contributed by atoms with van der Waals surface area (Å²) in [6.07, 6.45) is 3.66. The van der Waals surface area contributed by atoms with E-state index in [0.717, 1.165) is 17.1 Å². The smallest absolute Gasteiger partial charge is 0.0462 e. The number of unbranched alkanes of at least 4 members (excludes halogenated alkanes) is 1. The molecule has 0 bridgehead atoms. The largest absolute Gasteiger partial charge is 0.311 e. The van der Waals surface area contributed by atoms with Crippen molar-refractivity contribution in [3.05, 3.63) is 115 Å². The molecule has 0 aliphatic heterocycles. The molecule has 0 saturated carbocycles. The molecule has 0 atom stereocenters. The number of aryl methyl sites for hydroxylation is 1. The van der Waals surface area contributed by atoms with E-state index >= 15 is 0 Å². The van der Waals surface area contributed by atoms with Crippen LogP contribution >= 0.6 is 0 Å². The molecule has 0 spiro atoms. The minimum Gasteiger partial charge on any atom is -0.311 e. The molecule has 0 amide bonds. The minimum absolute atomic E-state index is 1.16. The van der Waals surface area contributed by atoms with Crippen molar-refractivity contribution in [1.29, 1.82) is 0 Å². The average Bonchev–Trinajstić information content (AvgIpc) is 2.80. The topological polar surface area (TPSA) is 3.24 Å². The summed E-state index contributed by atoms with van der Waals surface area (Å²) in [4.78, 5) is 2.29. The standard InChI is InChI=1S/C28H27N/c1-2-3-10-23-15-17-24(18-16-23)25-19-21-28(22-20-25)29(26-11-6-4-7-12-26)27-13-8-5-9-14-27/h4-9,11-22H,2-3,10H2,1H3. The monoisotopic (exact) mass is 377 g/mol. The maximum absolute atomic E-state index is 2.29. The van der Waals surface area contributed by atoms with E-state index in [1.54, 1.807) is 0 Å². The Kier molecular flexibility index (Phi) is 6.07. The highest BCUT2D eigenvalue weighted by Crippen LogP contribution is 2.35. The fourth-order valence-corrected chi connectivity index (χ4v) is 3.65. The van der Waals surface area contributed by atoms with Crippen molar-refractivity contribution in [3.8, 4) is 11.1 Å². The van der Waals surface area contributed by atoms with Crippen molar-refractivity contribution in [2.24, 2.45) is 0 Å². The summed E-state index contributed by atoms with van der Waals surface area (Å²) in [5.74, 6) is 0. The fraction of sp³-hybridized carbons (Fsp3) is 0.143. The summed E-state index contributed by atoms with van der Waals surface area (Å²) in [6, 6.07) is 38.9. The van der Waals surface area contributed by atoms with Crippen LogP contribution < -0.4 is 4.90 Å². The second-order valence-corrected chi connectivity index (χ2v) is 7.35. The van der Waals surface area contributed by atoms with Crippen molar-refractivity contribution in [1.82, 2.24) is 0 Å². The lowest BCUT2D eigenvalue weighted by Gasteiger charge is -2.25. The van der Waals surface area contributed by atoms with Crippen molar-refractivity contribution >= 4 is 17.1 Å². The molecule has 0 N–H and O–H groups in total. The molecule has 0 fully saturated rings. The zero-order chi connectivity index (χ0) is 19.9. The fourth-order valence-electron chi connectivity index (χ4n) is 3.65. The summed E-state index contributed by atoms with van der Waals surface area (Å²) in [7, 11) is 0. The maximum atomic E-state index is 2.29. The van der Waals surface area contributed by atoms with E-state index in [0.29, 0.717) is 0 Å². The van der Waals surface area contributed by atoms with Gasteiger partial charge in [-0.15, -0.1) is 0 Å². The van der Waals surface area contributed by atoms with Gasteiger partial charge in [0.15, 0.2) is 0 Å². The Bertz CT molecular complexity index is 964. The summed E-state index contributed by atoms with van der Waals surface area (Å²) in [5, 5.41) is 0. The van der Waals surface area contributed by atoms with Gasteiger partial charge in [0.1, 0.15) is 0 Å². The quantitative estimate of drug-likeness (QED) is 0.314. The second kappa shape index (κ2) is 9.25. The van der Waals surface area contributed by atoms with Gasteiger partial charge in [-0.05, 0) is 65.9 Å². The lowest BCUT2D eigenvalue weighted by atomic mass is 10.0. The Morgan fingerprint density at radius 1 is 0.517 bits per heavy atom. The average molecular weight is 378 g/mol. The van der Waals surface area contributed by atoms with Gasteiger partial charge in [0.25, 0.3) is 0 Å². The van der Waals surface area contributed by atoms with E-state index in [2.05, 4.69) is 121 Å². The van der Waals surface area contributed by atoms with Crippen LogP contribution in [0.15, 0.2) is 109 Å². The van der Waals surface area contributed by atoms with Crippen LogP contribution in [0.3, 0.4) is 0 Å². The molecule has 0 aliphatic carbocycles. The molecular formula is C28H27N. The summed E-state index contributed by atoms with van der Waals surface area (Å²) < 4.78 is 0. The van der Waals surface area contributed by atoms with Gasteiger partial charge in [0, 0.05) is 17.1 Å². The van der Waals surface area contributed by atoms with Crippen LogP contribution in [0.4, 0.5) is 17.1 Å². The van der Waals surface area contributed by atoms with Crippen LogP contribution in [-0.4, -0.2) is 0 Å². The highest BCUT2D eigenvalue weighted by atomic mass is 15.1. The first-order valence-corrected chi connectivity index (χ1v) is 10.4. The van der Waals surface area contributed by atoms with Gasteiger partial charge in [-0.2, -0.15) is 0 Å². The molecule has 1 nitrogen and oxygen atoms in total. The zero-order valence-electron chi connectivity index (χ0n) is 17.0. The van der Waals surface area contributed by atoms with Crippen LogP contribution in [-0.2, 0) is 6.42 Å². The van der Waals surface area contributed by atoms with Crippen molar-refractivity contribution in [2.75, 3.05) is 4.90 Å². The van der Waals surface area contributed by atoms with Gasteiger partial charge in [-0.25, -0.2) is 0 Å². The Hall–Kier alpha value is -3.32. The SMILES string of the molecule is CCCCc1ccc(-c2ccc(N(c3ccccc3)c3ccccc3)cc2)cc1. The number of anilines is 3. The number of hydrogen-bond acceptors (Lipinski definition) is 1. The van der Waals surface area contributed by atoms with Crippen LogP contribution in [0, 0.1) is 0 Å². The minimum atomic E-state index is 1.16. The summed E-state index contributed by atoms with van der Waals surface area (Å²) in [5.41, 5.74) is 7.41. The lowest BCUT2D eigenvalue weighted by molar-refractivity contribution is 0.795. The number of hydrogen-bond donors (Lipinski definition) is 0. The third kappa shape index (κ3) is 4.57. The van der Waals surface area contributed by atoms with E-state index in [1.807, 2.05) is 0 Å². The predicted octanol–water partition coefficient (Wildman–Crippen LogP) is 8.17. The molecule has 0 aromatic heterocycles. The van der Waals surface area contributed by atoms with Crippen molar-refractivity contribution < 1.29 is 0 Å². The molecule has 0 radical (unpaired) electrons. The van der Waals surface area contributed by atoms with Gasteiger partial charge in [0.2, 0.25) is 0 Å². The molecule has 0 heterocycles. The van der Waals surface area contributed by atoms with E-state index in [1.165, 1.54) is 36.0 Å². The van der Waals surface area contributed by atoms with Crippen molar-refractivity contribution in [2.45, 2.75) is 26.2 Å². The molecule has 4 aromatic rings. The van der Waals surface area contributed by atoms with Crippen LogP contribution in [0.5, 0.6) is 0 Å². The maximum Gasteiger partial charge on any atom is 0.0462 e. The lowest BCUT2D eigenvalue weighted by Crippen LogP contribution is -2.09. The molecule has 4 aromatic carbocycles. The van der Waals surface area contributed by atoms with E-state index in [9.17, 15) is 0 Å². The molecule has 0 aliphatic rings. The Labute approximate surface area is 174 Å². The normalized spacial score (nSPS) is 10.7.